The molecule has 0 amide bonds. The predicted molar refractivity (Wildman–Crippen MR) is 60.7 cm³/mol. The molecule has 0 aliphatic heterocycles. The predicted octanol–water partition coefficient (Wildman–Crippen LogP) is 4.16. The fourth-order valence-electron chi connectivity index (χ4n) is 1.84. The molecule has 0 spiro atoms. The number of hydrogen-bond donors (Lipinski definition) is 1. The lowest BCUT2D eigenvalue weighted by Crippen LogP contribution is -2.12. The second kappa shape index (κ2) is 4.50. The van der Waals surface area contributed by atoms with Crippen molar-refractivity contribution >= 4 is 11.6 Å². The third kappa shape index (κ3) is 3.13. The molecular formula is C12H13ClF3N. The smallest absolute Gasteiger partial charge is 0.324 e. The lowest BCUT2D eigenvalue weighted by molar-refractivity contribution is -0.137. The average molecular weight is 264 g/mol. The van der Waals surface area contributed by atoms with Gasteiger partial charge in [0.2, 0.25) is 0 Å². The van der Waals surface area contributed by atoms with Crippen molar-refractivity contribution in [1.29, 1.82) is 0 Å². The lowest BCUT2D eigenvalue weighted by Gasteiger charge is -2.14. The number of hydrogen-bond acceptors (Lipinski definition) is 1. The van der Waals surface area contributed by atoms with E-state index in [0.717, 1.165) is 12.5 Å². The molecule has 2 rings (SSSR count). The van der Waals surface area contributed by atoms with E-state index in [0.29, 0.717) is 11.5 Å². The molecule has 0 saturated heterocycles. The fraction of sp³-hybridized carbons (Fsp3) is 0.500. The van der Waals surface area contributed by atoms with E-state index in [4.69, 9.17) is 17.3 Å². The van der Waals surface area contributed by atoms with Crippen molar-refractivity contribution in [2.45, 2.75) is 31.5 Å². The quantitative estimate of drug-likeness (QED) is 0.871. The van der Waals surface area contributed by atoms with Gasteiger partial charge in [0.1, 0.15) is 0 Å². The Hall–Kier alpha value is -0.740. The van der Waals surface area contributed by atoms with Crippen LogP contribution in [0.5, 0.6) is 0 Å². The molecular weight excluding hydrogens is 251 g/mol. The second-order valence-corrected chi connectivity index (χ2v) is 4.93. The van der Waals surface area contributed by atoms with E-state index in [1.165, 1.54) is 25.0 Å². The molecule has 1 fully saturated rings. The zero-order valence-corrected chi connectivity index (χ0v) is 9.85. The topological polar surface area (TPSA) is 26.0 Å². The molecule has 5 heteroatoms. The molecule has 1 nitrogen and oxygen atoms in total. The van der Waals surface area contributed by atoms with Crippen LogP contribution in [0.25, 0.3) is 0 Å². The molecule has 0 aromatic heterocycles. The van der Waals surface area contributed by atoms with E-state index < -0.39 is 11.7 Å². The average Bonchev–Trinajstić information content (AvgIpc) is 2.99. The van der Waals surface area contributed by atoms with E-state index in [9.17, 15) is 13.2 Å². The largest absolute Gasteiger partial charge is 0.417 e. The van der Waals surface area contributed by atoms with Crippen molar-refractivity contribution in [3.63, 3.8) is 0 Å². The van der Waals surface area contributed by atoms with Gasteiger partial charge in [0.05, 0.1) is 10.6 Å². The van der Waals surface area contributed by atoms with Crippen LogP contribution in [-0.4, -0.2) is 0 Å². The molecule has 2 N–H and O–H groups in total. The van der Waals surface area contributed by atoms with Crippen molar-refractivity contribution in [3.05, 3.63) is 34.3 Å². The molecule has 94 valence electrons. The summed E-state index contributed by atoms with van der Waals surface area (Å²) in [4.78, 5) is 0. The maximum absolute atomic E-state index is 12.5. The minimum Gasteiger partial charge on any atom is -0.324 e. The molecule has 1 aromatic carbocycles. The van der Waals surface area contributed by atoms with E-state index in [1.54, 1.807) is 0 Å². The lowest BCUT2D eigenvalue weighted by atomic mass is 10.0. The highest BCUT2D eigenvalue weighted by atomic mass is 35.5. The van der Waals surface area contributed by atoms with E-state index in [1.807, 2.05) is 0 Å². The highest BCUT2D eigenvalue weighted by Gasteiger charge is 2.33. The van der Waals surface area contributed by atoms with E-state index in [-0.39, 0.29) is 11.1 Å². The molecule has 1 saturated carbocycles. The van der Waals surface area contributed by atoms with Crippen LogP contribution in [0.15, 0.2) is 18.2 Å². The summed E-state index contributed by atoms with van der Waals surface area (Å²) in [6, 6.07) is 3.53. The Morgan fingerprint density at radius 1 is 1.35 bits per heavy atom. The first-order valence-corrected chi connectivity index (χ1v) is 5.88. The van der Waals surface area contributed by atoms with Gasteiger partial charge < -0.3 is 5.73 Å². The van der Waals surface area contributed by atoms with Crippen molar-refractivity contribution in [2.75, 3.05) is 0 Å². The van der Waals surface area contributed by atoms with Gasteiger partial charge in [-0.25, -0.2) is 0 Å². The van der Waals surface area contributed by atoms with Crippen molar-refractivity contribution in [1.82, 2.24) is 0 Å². The first-order valence-electron chi connectivity index (χ1n) is 5.50. The van der Waals surface area contributed by atoms with Gasteiger partial charge in [0.25, 0.3) is 0 Å². The molecule has 0 radical (unpaired) electrons. The summed E-state index contributed by atoms with van der Waals surface area (Å²) in [5.41, 5.74) is 5.80. The van der Waals surface area contributed by atoms with Crippen LogP contribution in [0.2, 0.25) is 5.02 Å². The summed E-state index contributed by atoms with van der Waals surface area (Å²) in [5, 5.41) is -0.277. The molecule has 17 heavy (non-hydrogen) atoms. The van der Waals surface area contributed by atoms with Crippen LogP contribution >= 0.6 is 11.6 Å². The highest BCUT2D eigenvalue weighted by Crippen LogP contribution is 2.39. The molecule has 0 bridgehead atoms. The summed E-state index contributed by atoms with van der Waals surface area (Å²) in [5.74, 6) is 0.631. The zero-order valence-electron chi connectivity index (χ0n) is 9.10. The third-order valence-corrected chi connectivity index (χ3v) is 3.32. The Bertz CT molecular complexity index is 413. The Labute approximate surface area is 103 Å². The van der Waals surface area contributed by atoms with Crippen molar-refractivity contribution < 1.29 is 13.2 Å². The van der Waals surface area contributed by atoms with Crippen molar-refractivity contribution in [2.24, 2.45) is 11.7 Å². The monoisotopic (exact) mass is 263 g/mol. The summed E-state index contributed by atoms with van der Waals surface area (Å²) < 4.78 is 37.5. The first kappa shape index (κ1) is 12.7. The van der Waals surface area contributed by atoms with Crippen LogP contribution in [0, 0.1) is 5.92 Å². The number of alkyl halides is 3. The SMILES string of the molecule is N[C@H](CC1CC1)c1ccc(C(F)(F)F)c(Cl)c1. The zero-order chi connectivity index (χ0) is 12.6. The second-order valence-electron chi connectivity index (χ2n) is 4.52. The van der Waals surface area contributed by atoms with Crippen LogP contribution < -0.4 is 5.73 Å². The summed E-state index contributed by atoms with van der Waals surface area (Å²) >= 11 is 5.63. The minimum absolute atomic E-state index is 0.220. The molecule has 1 aromatic rings. The first-order chi connectivity index (χ1) is 7.88. The van der Waals surface area contributed by atoms with Crippen LogP contribution in [-0.2, 0) is 6.18 Å². The maximum Gasteiger partial charge on any atom is 0.417 e. The molecule has 1 aliphatic carbocycles. The Balaban J connectivity index is 2.17. The Morgan fingerprint density at radius 2 is 2.00 bits per heavy atom. The molecule has 0 heterocycles. The Kier molecular flexibility index (Phi) is 3.36. The van der Waals surface area contributed by atoms with Crippen molar-refractivity contribution in [3.8, 4) is 0 Å². The standard InChI is InChI=1S/C12H13ClF3N/c13-10-6-8(11(17)5-7-1-2-7)3-4-9(10)12(14,15)16/h3-4,6-7,11H,1-2,5,17H2/t11-/m1/s1. The van der Waals surface area contributed by atoms with Gasteiger partial charge in [-0.15, -0.1) is 0 Å². The summed E-state index contributed by atoms with van der Waals surface area (Å²) in [6.07, 6.45) is -1.25. The van der Waals surface area contributed by atoms with Crippen LogP contribution in [0.1, 0.15) is 36.4 Å². The highest BCUT2D eigenvalue weighted by molar-refractivity contribution is 6.31. The van der Waals surface area contributed by atoms with Gasteiger partial charge in [0, 0.05) is 6.04 Å². The number of halogens is 4. The fourth-order valence-corrected chi connectivity index (χ4v) is 2.14. The minimum atomic E-state index is -4.41. The van der Waals surface area contributed by atoms with Gasteiger partial charge in [-0.05, 0) is 30.0 Å². The molecule has 0 unspecified atom stereocenters. The van der Waals surface area contributed by atoms with E-state index in [2.05, 4.69) is 0 Å². The number of rotatable bonds is 3. The molecule has 1 atom stereocenters. The normalized spacial score (nSPS) is 18.2. The van der Waals surface area contributed by atoms with E-state index >= 15 is 0 Å². The van der Waals surface area contributed by atoms with Gasteiger partial charge >= 0.3 is 6.18 Å². The number of benzene rings is 1. The Morgan fingerprint density at radius 3 is 2.47 bits per heavy atom. The van der Waals surface area contributed by atoms with Gasteiger partial charge in [-0.2, -0.15) is 13.2 Å². The van der Waals surface area contributed by atoms with Gasteiger partial charge in [-0.1, -0.05) is 30.5 Å². The van der Waals surface area contributed by atoms with Crippen LogP contribution in [0.4, 0.5) is 13.2 Å². The van der Waals surface area contributed by atoms with Gasteiger partial charge in [-0.3, -0.25) is 0 Å². The van der Waals surface area contributed by atoms with Gasteiger partial charge in [0.15, 0.2) is 0 Å². The summed E-state index contributed by atoms with van der Waals surface area (Å²) in [7, 11) is 0. The third-order valence-electron chi connectivity index (χ3n) is 3.01. The summed E-state index contributed by atoms with van der Waals surface area (Å²) in [6.45, 7) is 0. The number of nitrogens with two attached hydrogens (primary N) is 1. The maximum atomic E-state index is 12.5. The van der Waals surface area contributed by atoms with Crippen LogP contribution in [0.3, 0.4) is 0 Å². The molecule has 1 aliphatic rings.